The number of unbranched alkanes of at least 4 members (excludes halogenated alkanes) is 4. The van der Waals surface area contributed by atoms with Crippen LogP contribution in [0, 0.1) is 23.7 Å². The molecule has 1 heteroatoms. The number of hydrogen-bond acceptors (Lipinski definition) is 1. The SMILES string of the molecule is CCCCCCc1ccc2c(c1)CCC(C1CCC3CC(OCCCC)CCC3C1)C2. The van der Waals surface area contributed by atoms with Gasteiger partial charge in [-0.1, -0.05) is 57.7 Å². The first-order valence-electron chi connectivity index (χ1n) is 14.0. The molecule has 0 radical (unpaired) electrons. The van der Waals surface area contributed by atoms with Crippen LogP contribution in [0.1, 0.15) is 114 Å². The van der Waals surface area contributed by atoms with E-state index in [1.807, 2.05) is 0 Å². The second-order valence-electron chi connectivity index (χ2n) is 11.2. The molecule has 0 spiro atoms. The highest BCUT2D eigenvalue weighted by Crippen LogP contribution is 2.47. The summed E-state index contributed by atoms with van der Waals surface area (Å²) in [5, 5.41) is 0. The van der Waals surface area contributed by atoms with Gasteiger partial charge in [-0.2, -0.15) is 0 Å². The van der Waals surface area contributed by atoms with E-state index in [0.717, 1.165) is 30.3 Å². The Hall–Kier alpha value is -0.820. The average Bonchev–Trinajstić information content (AvgIpc) is 2.81. The summed E-state index contributed by atoms with van der Waals surface area (Å²) >= 11 is 0. The van der Waals surface area contributed by atoms with E-state index in [-0.39, 0.29) is 0 Å². The smallest absolute Gasteiger partial charge is 0.0578 e. The van der Waals surface area contributed by atoms with E-state index < -0.39 is 0 Å². The van der Waals surface area contributed by atoms with Crippen LogP contribution in [0.4, 0.5) is 0 Å². The second kappa shape index (κ2) is 11.9. The first kappa shape index (κ1) is 23.3. The molecule has 2 fully saturated rings. The lowest BCUT2D eigenvalue weighted by molar-refractivity contribution is -0.0247. The number of rotatable bonds is 10. The number of fused-ring (bicyclic) bond motifs is 2. The number of hydrogen-bond donors (Lipinski definition) is 0. The van der Waals surface area contributed by atoms with Crippen LogP contribution in [0.15, 0.2) is 18.2 Å². The zero-order valence-electron chi connectivity index (χ0n) is 20.5. The van der Waals surface area contributed by atoms with E-state index in [1.54, 1.807) is 16.7 Å². The van der Waals surface area contributed by atoms with Gasteiger partial charge in [0.25, 0.3) is 0 Å². The minimum absolute atomic E-state index is 0.571. The normalized spacial score (nSPS) is 30.6. The van der Waals surface area contributed by atoms with Crippen molar-refractivity contribution in [3.8, 4) is 0 Å². The van der Waals surface area contributed by atoms with Crippen molar-refractivity contribution >= 4 is 0 Å². The number of aryl methyl sites for hydroxylation is 2. The van der Waals surface area contributed by atoms with Gasteiger partial charge in [0.2, 0.25) is 0 Å². The highest BCUT2D eigenvalue weighted by Gasteiger charge is 2.38. The maximum atomic E-state index is 6.20. The first-order chi connectivity index (χ1) is 15.3. The van der Waals surface area contributed by atoms with Crippen molar-refractivity contribution in [3.63, 3.8) is 0 Å². The van der Waals surface area contributed by atoms with E-state index in [1.165, 1.54) is 103 Å². The molecule has 3 aliphatic carbocycles. The number of benzene rings is 1. The summed E-state index contributed by atoms with van der Waals surface area (Å²) in [6, 6.07) is 7.51. The van der Waals surface area contributed by atoms with Crippen molar-refractivity contribution in [2.45, 2.75) is 123 Å². The Labute approximate surface area is 192 Å². The van der Waals surface area contributed by atoms with Gasteiger partial charge in [0, 0.05) is 6.61 Å². The molecule has 3 aliphatic rings. The summed E-state index contributed by atoms with van der Waals surface area (Å²) in [6.45, 7) is 5.55. The van der Waals surface area contributed by atoms with Gasteiger partial charge in [-0.05, 0) is 117 Å². The molecule has 5 atom stereocenters. The van der Waals surface area contributed by atoms with Crippen molar-refractivity contribution in [2.24, 2.45) is 23.7 Å². The van der Waals surface area contributed by atoms with Crippen LogP contribution >= 0.6 is 0 Å². The van der Waals surface area contributed by atoms with Gasteiger partial charge in [0.15, 0.2) is 0 Å². The van der Waals surface area contributed by atoms with Crippen LogP contribution in [0.2, 0.25) is 0 Å². The van der Waals surface area contributed by atoms with Crippen molar-refractivity contribution in [1.29, 1.82) is 0 Å². The van der Waals surface area contributed by atoms with Gasteiger partial charge >= 0.3 is 0 Å². The molecule has 4 rings (SSSR count). The molecule has 0 aromatic heterocycles. The highest BCUT2D eigenvalue weighted by atomic mass is 16.5. The Morgan fingerprint density at radius 3 is 2.35 bits per heavy atom. The van der Waals surface area contributed by atoms with E-state index in [9.17, 15) is 0 Å². The van der Waals surface area contributed by atoms with Crippen LogP contribution in [0.25, 0.3) is 0 Å². The van der Waals surface area contributed by atoms with Crippen molar-refractivity contribution < 1.29 is 4.74 Å². The van der Waals surface area contributed by atoms with Crippen LogP contribution in [0.5, 0.6) is 0 Å². The molecule has 1 nitrogen and oxygen atoms in total. The molecule has 0 aliphatic heterocycles. The Bertz CT molecular complexity index is 664. The van der Waals surface area contributed by atoms with Crippen molar-refractivity contribution in [1.82, 2.24) is 0 Å². The summed E-state index contributed by atoms with van der Waals surface area (Å²) < 4.78 is 6.20. The molecule has 0 N–H and O–H groups in total. The Morgan fingerprint density at radius 2 is 1.52 bits per heavy atom. The first-order valence-corrected chi connectivity index (χ1v) is 14.0. The standard InChI is InChI=1S/C30H48O/c1-3-5-7-8-9-23-10-11-25-20-26(13-12-24(25)19-23)27-14-15-29-22-30(31-18-6-4-2)17-16-28(29)21-27/h10-11,19,26-30H,3-9,12-18,20-22H2,1-2H3. The molecule has 5 unspecified atom stereocenters. The van der Waals surface area contributed by atoms with Crippen molar-refractivity contribution in [3.05, 3.63) is 34.9 Å². The molecule has 0 saturated heterocycles. The maximum absolute atomic E-state index is 6.20. The van der Waals surface area contributed by atoms with Gasteiger partial charge in [-0.15, -0.1) is 0 Å². The zero-order chi connectivity index (χ0) is 21.5. The van der Waals surface area contributed by atoms with Crippen LogP contribution in [0.3, 0.4) is 0 Å². The van der Waals surface area contributed by atoms with Crippen LogP contribution < -0.4 is 0 Å². The minimum Gasteiger partial charge on any atom is -0.378 e. The summed E-state index contributed by atoms with van der Waals surface area (Å²) in [5.74, 6) is 3.89. The molecular formula is C30H48O. The molecule has 2 saturated carbocycles. The Balaban J connectivity index is 1.25. The molecule has 0 amide bonds. The maximum Gasteiger partial charge on any atom is 0.0578 e. The summed E-state index contributed by atoms with van der Waals surface area (Å²) in [6.07, 6.45) is 22.6. The highest BCUT2D eigenvalue weighted by molar-refractivity contribution is 5.34. The molecule has 0 bridgehead atoms. The molecule has 31 heavy (non-hydrogen) atoms. The Morgan fingerprint density at radius 1 is 0.742 bits per heavy atom. The zero-order valence-corrected chi connectivity index (χ0v) is 20.5. The predicted molar refractivity (Wildman–Crippen MR) is 133 cm³/mol. The van der Waals surface area contributed by atoms with Crippen LogP contribution in [-0.2, 0) is 24.0 Å². The fourth-order valence-electron chi connectivity index (χ4n) is 7.01. The fraction of sp³-hybridized carbons (Fsp3) is 0.800. The molecule has 1 aromatic rings. The van der Waals surface area contributed by atoms with Gasteiger partial charge in [0.05, 0.1) is 6.10 Å². The van der Waals surface area contributed by atoms with Gasteiger partial charge in [-0.25, -0.2) is 0 Å². The van der Waals surface area contributed by atoms with E-state index >= 15 is 0 Å². The van der Waals surface area contributed by atoms with Crippen molar-refractivity contribution in [2.75, 3.05) is 6.61 Å². The molecule has 174 valence electrons. The van der Waals surface area contributed by atoms with Gasteiger partial charge in [0.1, 0.15) is 0 Å². The number of ether oxygens (including phenoxy) is 1. The van der Waals surface area contributed by atoms with Crippen LogP contribution in [-0.4, -0.2) is 12.7 Å². The topological polar surface area (TPSA) is 9.23 Å². The third-order valence-electron chi connectivity index (χ3n) is 8.98. The second-order valence-corrected chi connectivity index (χ2v) is 11.2. The molecule has 0 heterocycles. The van der Waals surface area contributed by atoms with Gasteiger partial charge < -0.3 is 4.74 Å². The lowest BCUT2D eigenvalue weighted by Crippen LogP contribution is -2.37. The average molecular weight is 425 g/mol. The predicted octanol–water partition coefficient (Wildman–Crippen LogP) is 8.32. The quantitative estimate of drug-likeness (QED) is 0.343. The summed E-state index contributed by atoms with van der Waals surface area (Å²) in [5.41, 5.74) is 4.96. The minimum atomic E-state index is 0.571. The van der Waals surface area contributed by atoms with Gasteiger partial charge in [-0.3, -0.25) is 0 Å². The third-order valence-corrected chi connectivity index (χ3v) is 8.98. The van der Waals surface area contributed by atoms with E-state index in [2.05, 4.69) is 32.0 Å². The largest absolute Gasteiger partial charge is 0.378 e. The molecular weight excluding hydrogens is 376 g/mol. The van der Waals surface area contributed by atoms with E-state index in [0.29, 0.717) is 6.10 Å². The Kier molecular flexibility index (Phi) is 8.94. The lowest BCUT2D eigenvalue weighted by atomic mass is 9.62. The summed E-state index contributed by atoms with van der Waals surface area (Å²) in [4.78, 5) is 0. The third kappa shape index (κ3) is 6.37. The van der Waals surface area contributed by atoms with E-state index in [4.69, 9.17) is 4.74 Å². The fourth-order valence-corrected chi connectivity index (χ4v) is 7.01. The lowest BCUT2D eigenvalue weighted by Gasteiger charge is -2.45. The monoisotopic (exact) mass is 424 g/mol. The summed E-state index contributed by atoms with van der Waals surface area (Å²) in [7, 11) is 0. The molecule has 1 aromatic carbocycles.